The average molecular weight is 280 g/mol. The van der Waals surface area contributed by atoms with Gasteiger partial charge in [0, 0.05) is 10.9 Å². The SMILES string of the molecule is CC(O)(CNC(=O)NC1C=CCCC1)c1cccs1. The monoisotopic (exact) mass is 280 g/mol. The van der Waals surface area contributed by atoms with Crippen LogP contribution in [-0.4, -0.2) is 23.7 Å². The van der Waals surface area contributed by atoms with E-state index in [9.17, 15) is 9.90 Å². The molecular weight excluding hydrogens is 260 g/mol. The van der Waals surface area contributed by atoms with Crippen LogP contribution in [0.25, 0.3) is 0 Å². The van der Waals surface area contributed by atoms with E-state index < -0.39 is 5.60 Å². The first-order chi connectivity index (χ1) is 9.08. The van der Waals surface area contributed by atoms with Crippen LogP contribution in [-0.2, 0) is 5.60 Å². The first-order valence-corrected chi connectivity index (χ1v) is 7.43. The molecule has 0 bridgehead atoms. The second kappa shape index (κ2) is 6.21. The van der Waals surface area contributed by atoms with Crippen molar-refractivity contribution in [3.05, 3.63) is 34.5 Å². The molecule has 0 saturated carbocycles. The van der Waals surface area contributed by atoms with E-state index in [-0.39, 0.29) is 18.6 Å². The van der Waals surface area contributed by atoms with Crippen molar-refractivity contribution in [3.8, 4) is 0 Å². The molecule has 2 amide bonds. The molecule has 1 aliphatic carbocycles. The number of amides is 2. The van der Waals surface area contributed by atoms with Crippen molar-refractivity contribution >= 4 is 17.4 Å². The third-order valence-electron chi connectivity index (χ3n) is 3.22. The molecule has 0 saturated heterocycles. The Labute approximate surface area is 117 Å². The molecule has 2 atom stereocenters. The summed E-state index contributed by atoms with van der Waals surface area (Å²) in [5.74, 6) is 0. The Hall–Kier alpha value is -1.33. The Morgan fingerprint density at radius 1 is 1.63 bits per heavy atom. The fourth-order valence-electron chi connectivity index (χ4n) is 2.08. The van der Waals surface area contributed by atoms with E-state index in [1.165, 1.54) is 11.3 Å². The van der Waals surface area contributed by atoms with Crippen LogP contribution in [0.1, 0.15) is 31.1 Å². The third kappa shape index (κ3) is 4.08. The maximum absolute atomic E-state index is 11.8. The molecule has 0 fully saturated rings. The molecular formula is C14H20N2O2S. The molecule has 1 aromatic rings. The topological polar surface area (TPSA) is 61.4 Å². The van der Waals surface area contributed by atoms with E-state index in [0.29, 0.717) is 0 Å². The minimum absolute atomic E-state index is 0.112. The van der Waals surface area contributed by atoms with Crippen molar-refractivity contribution in [1.29, 1.82) is 0 Å². The lowest BCUT2D eigenvalue weighted by Crippen LogP contribution is -2.46. The molecule has 0 spiro atoms. The van der Waals surface area contributed by atoms with Crippen molar-refractivity contribution < 1.29 is 9.90 Å². The number of allylic oxidation sites excluding steroid dienone is 1. The number of urea groups is 1. The van der Waals surface area contributed by atoms with Gasteiger partial charge in [-0.05, 0) is 37.6 Å². The van der Waals surface area contributed by atoms with Gasteiger partial charge in [0.25, 0.3) is 0 Å². The summed E-state index contributed by atoms with van der Waals surface area (Å²) in [6.45, 7) is 1.91. The summed E-state index contributed by atoms with van der Waals surface area (Å²) < 4.78 is 0. The number of hydrogen-bond acceptors (Lipinski definition) is 3. The summed E-state index contributed by atoms with van der Waals surface area (Å²) >= 11 is 1.48. The summed E-state index contributed by atoms with van der Waals surface area (Å²) in [5.41, 5.74) is -1.02. The van der Waals surface area contributed by atoms with Gasteiger partial charge in [-0.25, -0.2) is 4.79 Å². The number of thiophene rings is 1. The highest BCUT2D eigenvalue weighted by atomic mass is 32.1. The molecule has 2 unspecified atom stereocenters. The fourth-order valence-corrected chi connectivity index (χ4v) is 2.86. The molecule has 1 aromatic heterocycles. The van der Waals surface area contributed by atoms with Crippen LogP contribution in [0.2, 0.25) is 0 Å². The molecule has 0 radical (unpaired) electrons. The lowest BCUT2D eigenvalue weighted by molar-refractivity contribution is 0.0630. The number of carbonyl (C=O) groups is 1. The molecule has 0 aromatic carbocycles. The standard InChI is InChI=1S/C14H20N2O2S/c1-14(18,12-8-5-9-19-12)10-15-13(17)16-11-6-3-2-4-7-11/h3,5-6,8-9,11,18H,2,4,7,10H2,1H3,(H2,15,16,17). The van der Waals surface area contributed by atoms with E-state index in [0.717, 1.165) is 24.1 Å². The summed E-state index contributed by atoms with van der Waals surface area (Å²) in [6, 6.07) is 3.64. The fraction of sp³-hybridized carbons (Fsp3) is 0.500. The summed E-state index contributed by atoms with van der Waals surface area (Å²) in [7, 11) is 0. The molecule has 0 aliphatic heterocycles. The van der Waals surface area contributed by atoms with Crippen LogP contribution in [0.4, 0.5) is 4.79 Å². The smallest absolute Gasteiger partial charge is 0.315 e. The number of rotatable bonds is 4. The molecule has 1 heterocycles. The largest absolute Gasteiger partial charge is 0.383 e. The Kier molecular flexibility index (Phi) is 4.61. The van der Waals surface area contributed by atoms with Crippen molar-refractivity contribution in [3.63, 3.8) is 0 Å². The van der Waals surface area contributed by atoms with Gasteiger partial charge in [-0.2, -0.15) is 0 Å². The Morgan fingerprint density at radius 2 is 2.47 bits per heavy atom. The Bertz CT molecular complexity index is 440. The number of hydrogen-bond donors (Lipinski definition) is 3. The van der Waals surface area contributed by atoms with Crippen LogP contribution < -0.4 is 10.6 Å². The summed E-state index contributed by atoms with van der Waals surface area (Å²) in [5, 5.41) is 17.8. The zero-order valence-electron chi connectivity index (χ0n) is 11.1. The first kappa shape index (κ1) is 14.1. The van der Waals surface area contributed by atoms with Crippen LogP contribution in [0.15, 0.2) is 29.7 Å². The van der Waals surface area contributed by atoms with Gasteiger partial charge in [0.1, 0.15) is 5.60 Å². The highest BCUT2D eigenvalue weighted by molar-refractivity contribution is 7.10. The van der Waals surface area contributed by atoms with E-state index in [1.54, 1.807) is 6.92 Å². The molecule has 4 nitrogen and oxygen atoms in total. The van der Waals surface area contributed by atoms with Crippen molar-refractivity contribution in [2.75, 3.05) is 6.54 Å². The molecule has 104 valence electrons. The molecule has 5 heteroatoms. The van der Waals surface area contributed by atoms with E-state index in [4.69, 9.17) is 0 Å². The van der Waals surface area contributed by atoms with Gasteiger partial charge in [-0.1, -0.05) is 18.2 Å². The van der Waals surface area contributed by atoms with Crippen molar-refractivity contribution in [1.82, 2.24) is 10.6 Å². The van der Waals surface area contributed by atoms with Crippen LogP contribution in [0, 0.1) is 0 Å². The predicted molar refractivity (Wildman–Crippen MR) is 77.2 cm³/mol. The number of aliphatic hydroxyl groups is 1. The normalized spacial score (nSPS) is 21.7. The lowest BCUT2D eigenvalue weighted by atomic mass is 10.0. The second-order valence-electron chi connectivity index (χ2n) is 5.04. The maximum atomic E-state index is 11.8. The summed E-state index contributed by atoms with van der Waals surface area (Å²) in [4.78, 5) is 12.6. The van der Waals surface area contributed by atoms with Crippen molar-refractivity contribution in [2.45, 2.75) is 37.8 Å². The Balaban J connectivity index is 1.80. The highest BCUT2D eigenvalue weighted by Crippen LogP contribution is 2.24. The van der Waals surface area contributed by atoms with Crippen LogP contribution >= 0.6 is 11.3 Å². The highest BCUT2D eigenvalue weighted by Gasteiger charge is 2.25. The zero-order valence-corrected chi connectivity index (χ0v) is 11.9. The summed E-state index contributed by atoms with van der Waals surface area (Å²) in [6.07, 6.45) is 7.29. The minimum atomic E-state index is -1.02. The van der Waals surface area contributed by atoms with Gasteiger partial charge in [0.2, 0.25) is 0 Å². The zero-order chi connectivity index (χ0) is 13.7. The minimum Gasteiger partial charge on any atom is -0.383 e. The van der Waals surface area contributed by atoms with Gasteiger partial charge < -0.3 is 15.7 Å². The van der Waals surface area contributed by atoms with Crippen LogP contribution in [0.5, 0.6) is 0 Å². The maximum Gasteiger partial charge on any atom is 0.315 e. The van der Waals surface area contributed by atoms with E-state index in [1.807, 2.05) is 23.6 Å². The van der Waals surface area contributed by atoms with Gasteiger partial charge in [-0.15, -0.1) is 11.3 Å². The van der Waals surface area contributed by atoms with E-state index in [2.05, 4.69) is 16.7 Å². The molecule has 3 N–H and O–H groups in total. The number of nitrogens with one attached hydrogen (secondary N) is 2. The lowest BCUT2D eigenvalue weighted by Gasteiger charge is -2.24. The second-order valence-corrected chi connectivity index (χ2v) is 5.99. The molecule has 19 heavy (non-hydrogen) atoms. The Morgan fingerprint density at radius 3 is 3.11 bits per heavy atom. The van der Waals surface area contributed by atoms with Crippen LogP contribution in [0.3, 0.4) is 0 Å². The first-order valence-electron chi connectivity index (χ1n) is 6.55. The van der Waals surface area contributed by atoms with Gasteiger partial charge in [0.05, 0.1) is 6.54 Å². The average Bonchev–Trinajstić information content (AvgIpc) is 2.92. The van der Waals surface area contributed by atoms with Crippen molar-refractivity contribution in [2.24, 2.45) is 0 Å². The van der Waals surface area contributed by atoms with Gasteiger partial charge >= 0.3 is 6.03 Å². The third-order valence-corrected chi connectivity index (χ3v) is 4.34. The van der Waals surface area contributed by atoms with Gasteiger partial charge in [-0.3, -0.25) is 0 Å². The number of carbonyl (C=O) groups excluding carboxylic acids is 1. The van der Waals surface area contributed by atoms with Gasteiger partial charge in [0.15, 0.2) is 0 Å². The quantitative estimate of drug-likeness (QED) is 0.741. The van der Waals surface area contributed by atoms with E-state index >= 15 is 0 Å². The predicted octanol–water partition coefficient (Wildman–Crippen LogP) is 2.36. The molecule has 2 rings (SSSR count). The molecule has 1 aliphatic rings.